The fourth-order valence-corrected chi connectivity index (χ4v) is 5.95. The number of amides is 2. The molecular weight excluding hydrogens is 638 g/mol. The van der Waals surface area contributed by atoms with Crippen molar-refractivity contribution in [2.24, 2.45) is 0 Å². The normalized spacial score (nSPS) is 21.8. The van der Waals surface area contributed by atoms with Gasteiger partial charge in [-0.2, -0.15) is 0 Å². The van der Waals surface area contributed by atoms with Gasteiger partial charge in [0.15, 0.2) is 12.2 Å². The Bertz CT molecular complexity index is 1760. The highest BCUT2D eigenvalue weighted by Crippen LogP contribution is 2.35. The highest BCUT2D eigenvalue weighted by atomic mass is 16.7. The van der Waals surface area contributed by atoms with Gasteiger partial charge in [-0.15, -0.1) is 0 Å². The minimum atomic E-state index is -1.38. The minimum absolute atomic E-state index is 0.204. The van der Waals surface area contributed by atoms with E-state index >= 15 is 0 Å². The summed E-state index contributed by atoms with van der Waals surface area (Å²) < 4.78 is 28.4. The Morgan fingerprint density at radius 2 is 1.51 bits per heavy atom. The SMILES string of the molecule is CC(=O)OC1C(CO)OC(Oc2ccccc2CNc2cc3c4c(cccc4c2)C(=O)N(CCN(C)C)C3=O)C(OC(C)=O)C1OC(C)=O. The van der Waals surface area contributed by atoms with Crippen molar-refractivity contribution in [2.45, 2.75) is 58.0 Å². The Morgan fingerprint density at radius 3 is 2.18 bits per heavy atom. The van der Waals surface area contributed by atoms with E-state index in [2.05, 4.69) is 5.32 Å². The Hall–Kier alpha value is -5.05. The summed E-state index contributed by atoms with van der Waals surface area (Å²) in [6.45, 7) is 3.78. The van der Waals surface area contributed by atoms with Gasteiger partial charge in [-0.1, -0.05) is 30.3 Å². The van der Waals surface area contributed by atoms with Gasteiger partial charge in [0, 0.05) is 62.6 Å². The molecule has 2 aliphatic rings. The monoisotopic (exact) mass is 677 g/mol. The topological polar surface area (TPSA) is 170 Å². The van der Waals surface area contributed by atoms with Crippen molar-refractivity contribution in [3.05, 3.63) is 71.3 Å². The summed E-state index contributed by atoms with van der Waals surface area (Å²) in [5, 5.41) is 14.8. The van der Waals surface area contributed by atoms with E-state index in [0.717, 1.165) is 26.2 Å². The highest BCUT2D eigenvalue weighted by Gasteiger charge is 2.53. The van der Waals surface area contributed by atoms with E-state index in [-0.39, 0.29) is 24.9 Å². The summed E-state index contributed by atoms with van der Waals surface area (Å²) >= 11 is 0. The first-order valence-electron chi connectivity index (χ1n) is 15.7. The molecule has 0 aliphatic carbocycles. The molecule has 5 rings (SSSR count). The van der Waals surface area contributed by atoms with Crippen LogP contribution in [0.4, 0.5) is 5.69 Å². The largest absolute Gasteiger partial charge is 0.460 e. The summed E-state index contributed by atoms with van der Waals surface area (Å²) in [5.41, 5.74) is 2.13. The number of nitrogens with zero attached hydrogens (tertiary/aromatic N) is 2. The number of ether oxygens (including phenoxy) is 5. The average Bonchev–Trinajstić information content (AvgIpc) is 3.04. The summed E-state index contributed by atoms with van der Waals surface area (Å²) in [6, 6.07) is 15.9. The van der Waals surface area contributed by atoms with Gasteiger partial charge in [-0.3, -0.25) is 28.9 Å². The smallest absolute Gasteiger partial charge is 0.303 e. The molecule has 0 bridgehead atoms. The molecule has 2 aliphatic heterocycles. The van der Waals surface area contributed by atoms with Crippen LogP contribution in [0.1, 0.15) is 47.1 Å². The number of imide groups is 1. The number of carbonyl (C=O) groups excluding carboxylic acids is 5. The van der Waals surface area contributed by atoms with E-state index < -0.39 is 55.2 Å². The Labute approximate surface area is 282 Å². The number of carbonyl (C=O) groups is 5. The summed E-state index contributed by atoms with van der Waals surface area (Å²) in [7, 11) is 3.74. The number of anilines is 1. The van der Waals surface area contributed by atoms with Crippen molar-refractivity contribution in [2.75, 3.05) is 39.1 Å². The third kappa shape index (κ3) is 7.82. The molecule has 1 saturated heterocycles. The number of aliphatic hydroxyl groups excluding tert-OH is 1. The van der Waals surface area contributed by atoms with Crippen LogP contribution in [0, 0.1) is 0 Å². The van der Waals surface area contributed by atoms with Crippen LogP contribution < -0.4 is 10.1 Å². The van der Waals surface area contributed by atoms with Crippen LogP contribution in [0.5, 0.6) is 5.75 Å². The van der Waals surface area contributed by atoms with Crippen molar-refractivity contribution in [3.8, 4) is 5.75 Å². The number of esters is 3. The molecule has 14 heteroatoms. The van der Waals surface area contributed by atoms with Crippen LogP contribution in [0.15, 0.2) is 54.6 Å². The van der Waals surface area contributed by atoms with E-state index in [1.807, 2.05) is 31.1 Å². The van der Waals surface area contributed by atoms with Crippen LogP contribution in [0.3, 0.4) is 0 Å². The maximum atomic E-state index is 13.6. The second kappa shape index (κ2) is 15.0. The number of rotatable bonds is 12. The molecule has 2 N–H and O–H groups in total. The molecule has 5 atom stereocenters. The lowest BCUT2D eigenvalue weighted by Gasteiger charge is -2.43. The molecule has 0 saturated carbocycles. The maximum absolute atomic E-state index is 13.6. The highest BCUT2D eigenvalue weighted by molar-refractivity contribution is 6.26. The van der Waals surface area contributed by atoms with Gasteiger partial charge in [-0.05, 0) is 43.7 Å². The first-order chi connectivity index (χ1) is 23.4. The van der Waals surface area contributed by atoms with E-state index in [1.54, 1.807) is 42.5 Å². The van der Waals surface area contributed by atoms with E-state index in [0.29, 0.717) is 40.1 Å². The zero-order valence-corrected chi connectivity index (χ0v) is 27.8. The average molecular weight is 678 g/mol. The lowest BCUT2D eigenvalue weighted by atomic mass is 9.93. The molecule has 2 amide bonds. The standard InChI is InChI=1S/C35H39N3O11/c1-19(40)45-30-28(18-39)49-35(32(47-21(3)42)31(30)46-20(2)41)48-27-12-7-6-9-23(27)17-36-24-15-22-10-8-11-25-29(22)26(16-24)34(44)38(33(25)43)14-13-37(4)5/h6-12,15-16,28,30-32,35-36,39H,13-14,17-18H2,1-5H3. The molecule has 3 aromatic rings. The molecule has 0 spiro atoms. The van der Waals surface area contributed by atoms with E-state index in [1.165, 1.54) is 4.90 Å². The summed E-state index contributed by atoms with van der Waals surface area (Å²) in [6.07, 6.45) is -6.59. The van der Waals surface area contributed by atoms with Gasteiger partial charge in [0.25, 0.3) is 11.8 Å². The van der Waals surface area contributed by atoms with Crippen molar-refractivity contribution >= 4 is 46.2 Å². The predicted molar refractivity (Wildman–Crippen MR) is 175 cm³/mol. The lowest BCUT2D eigenvalue weighted by molar-refractivity contribution is -0.288. The number of hydrogen-bond acceptors (Lipinski definition) is 13. The molecule has 0 radical (unpaired) electrons. The maximum Gasteiger partial charge on any atom is 0.303 e. The zero-order valence-electron chi connectivity index (χ0n) is 27.8. The number of nitrogens with one attached hydrogen (secondary N) is 1. The Morgan fingerprint density at radius 1 is 0.857 bits per heavy atom. The van der Waals surface area contributed by atoms with Gasteiger partial charge < -0.3 is 39.0 Å². The summed E-state index contributed by atoms with van der Waals surface area (Å²) in [4.78, 5) is 66.1. The summed E-state index contributed by atoms with van der Waals surface area (Å²) in [5.74, 6) is -2.60. The molecule has 1 fully saturated rings. The number of para-hydroxylation sites is 1. The first-order valence-corrected chi connectivity index (χ1v) is 15.7. The molecule has 260 valence electrons. The van der Waals surface area contributed by atoms with Gasteiger partial charge >= 0.3 is 17.9 Å². The third-order valence-corrected chi connectivity index (χ3v) is 8.07. The van der Waals surface area contributed by atoms with Crippen LogP contribution >= 0.6 is 0 Å². The quantitative estimate of drug-likeness (QED) is 0.163. The number of benzene rings is 3. The molecule has 5 unspecified atom stereocenters. The predicted octanol–water partition coefficient (Wildman–Crippen LogP) is 2.50. The molecule has 3 aromatic carbocycles. The van der Waals surface area contributed by atoms with Gasteiger partial charge in [-0.25, -0.2) is 0 Å². The number of likely N-dealkylation sites (N-methyl/N-ethyl adjacent to an activating group) is 1. The number of hydrogen-bond donors (Lipinski definition) is 2. The Balaban J connectivity index is 1.42. The van der Waals surface area contributed by atoms with Crippen LogP contribution in [-0.2, 0) is 39.9 Å². The van der Waals surface area contributed by atoms with Gasteiger partial charge in [0.1, 0.15) is 11.9 Å². The van der Waals surface area contributed by atoms with Crippen molar-refractivity contribution in [3.63, 3.8) is 0 Å². The second-order valence-electron chi connectivity index (χ2n) is 12.0. The van der Waals surface area contributed by atoms with Crippen molar-refractivity contribution in [1.29, 1.82) is 0 Å². The molecule has 49 heavy (non-hydrogen) atoms. The lowest BCUT2D eigenvalue weighted by Crippen LogP contribution is -2.63. The second-order valence-corrected chi connectivity index (χ2v) is 12.0. The van der Waals surface area contributed by atoms with Crippen molar-refractivity contribution in [1.82, 2.24) is 9.80 Å². The third-order valence-electron chi connectivity index (χ3n) is 8.07. The van der Waals surface area contributed by atoms with E-state index in [9.17, 15) is 29.1 Å². The molecule has 0 aromatic heterocycles. The van der Waals surface area contributed by atoms with Crippen LogP contribution in [0.2, 0.25) is 0 Å². The van der Waals surface area contributed by atoms with Crippen molar-refractivity contribution < 1.29 is 52.8 Å². The van der Waals surface area contributed by atoms with Gasteiger partial charge in [0.2, 0.25) is 12.4 Å². The Kier molecular flexibility index (Phi) is 10.8. The van der Waals surface area contributed by atoms with Gasteiger partial charge in [0.05, 0.1) is 12.2 Å². The number of aliphatic hydroxyl groups is 1. The van der Waals surface area contributed by atoms with E-state index in [4.69, 9.17) is 23.7 Å². The fraction of sp³-hybridized carbons (Fsp3) is 0.400. The van der Waals surface area contributed by atoms with Crippen LogP contribution in [-0.4, -0.2) is 109 Å². The molecule has 2 heterocycles. The molecule has 14 nitrogen and oxygen atoms in total. The van der Waals surface area contributed by atoms with Crippen LogP contribution in [0.25, 0.3) is 10.8 Å². The first kappa shape index (κ1) is 35.3. The fourth-order valence-electron chi connectivity index (χ4n) is 5.95. The molecular formula is C35H39N3O11. The minimum Gasteiger partial charge on any atom is -0.460 e. The zero-order chi connectivity index (χ0) is 35.4.